The molecular formula is C20H20Cl2N6O. The van der Waals surface area contributed by atoms with Crippen molar-refractivity contribution in [2.45, 2.75) is 40.2 Å². The van der Waals surface area contributed by atoms with Gasteiger partial charge in [-0.1, -0.05) is 23.2 Å². The summed E-state index contributed by atoms with van der Waals surface area (Å²) in [5.74, 6) is 0.401. The predicted octanol–water partition coefficient (Wildman–Crippen LogP) is 4.40. The zero-order chi connectivity index (χ0) is 21.1. The summed E-state index contributed by atoms with van der Waals surface area (Å²) in [4.78, 5) is 12.7. The van der Waals surface area contributed by atoms with Crippen LogP contribution in [0.15, 0.2) is 24.3 Å². The summed E-state index contributed by atoms with van der Waals surface area (Å²) in [5.41, 5.74) is 4.01. The predicted molar refractivity (Wildman–Crippen MR) is 113 cm³/mol. The zero-order valence-electron chi connectivity index (χ0n) is 16.3. The molecule has 3 rings (SSSR count). The monoisotopic (exact) mass is 430 g/mol. The summed E-state index contributed by atoms with van der Waals surface area (Å²) in [6.07, 6.45) is 0.486. The quantitative estimate of drug-likeness (QED) is 0.627. The Labute approximate surface area is 178 Å². The number of amides is 1. The Kier molecular flexibility index (Phi) is 6.26. The molecule has 0 fully saturated rings. The Morgan fingerprint density at radius 2 is 1.93 bits per heavy atom. The van der Waals surface area contributed by atoms with Crippen molar-refractivity contribution in [2.24, 2.45) is 0 Å². The van der Waals surface area contributed by atoms with Gasteiger partial charge in [0.1, 0.15) is 5.82 Å². The fourth-order valence-corrected chi connectivity index (χ4v) is 3.41. The van der Waals surface area contributed by atoms with E-state index in [9.17, 15) is 4.79 Å². The van der Waals surface area contributed by atoms with E-state index in [2.05, 4.69) is 21.6 Å². The Bertz CT molecular complexity index is 1110. The first kappa shape index (κ1) is 20.9. The Morgan fingerprint density at radius 3 is 2.62 bits per heavy atom. The lowest BCUT2D eigenvalue weighted by molar-refractivity contribution is -0.115. The largest absolute Gasteiger partial charge is 0.311 e. The Morgan fingerprint density at radius 1 is 1.17 bits per heavy atom. The molecule has 3 aromatic rings. The normalized spacial score (nSPS) is 10.8. The second-order valence-corrected chi connectivity index (χ2v) is 7.50. The molecule has 2 aromatic heterocycles. The molecule has 0 bridgehead atoms. The molecule has 0 atom stereocenters. The third-order valence-corrected chi connectivity index (χ3v) is 5.27. The van der Waals surface area contributed by atoms with Gasteiger partial charge >= 0.3 is 0 Å². The van der Waals surface area contributed by atoms with Crippen molar-refractivity contribution in [3.05, 3.63) is 57.0 Å². The van der Waals surface area contributed by atoms with Crippen LogP contribution in [0, 0.1) is 32.1 Å². The van der Waals surface area contributed by atoms with Gasteiger partial charge in [-0.25, -0.2) is 9.36 Å². The van der Waals surface area contributed by atoms with Gasteiger partial charge in [-0.3, -0.25) is 4.79 Å². The van der Waals surface area contributed by atoms with Crippen molar-refractivity contribution in [1.29, 1.82) is 5.26 Å². The number of nitriles is 1. The first-order chi connectivity index (χ1) is 13.8. The average Bonchev–Trinajstić information content (AvgIpc) is 3.15. The highest BCUT2D eigenvalue weighted by Crippen LogP contribution is 2.26. The maximum absolute atomic E-state index is 12.7. The average molecular weight is 431 g/mol. The van der Waals surface area contributed by atoms with Crippen molar-refractivity contribution in [2.75, 3.05) is 5.32 Å². The van der Waals surface area contributed by atoms with Gasteiger partial charge in [0.2, 0.25) is 5.91 Å². The van der Waals surface area contributed by atoms with E-state index in [-0.39, 0.29) is 12.3 Å². The molecule has 1 N–H and O–H groups in total. The standard InChI is InChI=1S/C20H20Cl2N6O/c1-12-9-19(27(25-12)8-4-7-23)24-20(29)11-16-13(2)26-28(14(16)3)15-5-6-17(21)18(22)10-15/h5-6,9-10H,4,8,11H2,1-3H3,(H,24,29). The number of carbonyl (C=O) groups is 1. The van der Waals surface area contributed by atoms with Gasteiger partial charge in [0.25, 0.3) is 0 Å². The number of carbonyl (C=O) groups excluding carboxylic acids is 1. The summed E-state index contributed by atoms with van der Waals surface area (Å²) >= 11 is 12.1. The minimum Gasteiger partial charge on any atom is -0.311 e. The van der Waals surface area contributed by atoms with Gasteiger partial charge in [0, 0.05) is 17.3 Å². The summed E-state index contributed by atoms with van der Waals surface area (Å²) < 4.78 is 3.39. The van der Waals surface area contributed by atoms with E-state index in [0.29, 0.717) is 28.8 Å². The smallest absolute Gasteiger partial charge is 0.230 e. The molecule has 0 spiro atoms. The number of anilines is 1. The third-order valence-electron chi connectivity index (χ3n) is 4.53. The van der Waals surface area contributed by atoms with Crippen LogP contribution in [-0.2, 0) is 17.8 Å². The lowest BCUT2D eigenvalue weighted by Crippen LogP contribution is -2.18. The Hall–Kier alpha value is -2.82. The minimum atomic E-state index is -0.178. The summed E-state index contributed by atoms with van der Waals surface area (Å²) in [5, 5.41) is 21.5. The molecule has 0 saturated heterocycles. The van der Waals surface area contributed by atoms with E-state index in [1.54, 1.807) is 27.6 Å². The molecule has 0 aliphatic rings. The van der Waals surface area contributed by atoms with Crippen LogP contribution in [0.1, 0.15) is 29.1 Å². The molecule has 0 saturated carbocycles. The number of aromatic nitrogens is 4. The molecular weight excluding hydrogens is 411 g/mol. The highest BCUT2D eigenvalue weighted by molar-refractivity contribution is 6.42. The van der Waals surface area contributed by atoms with Crippen molar-refractivity contribution in [3.63, 3.8) is 0 Å². The second-order valence-electron chi connectivity index (χ2n) is 6.69. The molecule has 29 heavy (non-hydrogen) atoms. The van der Waals surface area contributed by atoms with E-state index in [0.717, 1.165) is 28.3 Å². The van der Waals surface area contributed by atoms with Gasteiger partial charge < -0.3 is 5.32 Å². The van der Waals surface area contributed by atoms with Gasteiger partial charge in [0.15, 0.2) is 0 Å². The van der Waals surface area contributed by atoms with Gasteiger partial charge in [0.05, 0.1) is 52.6 Å². The molecule has 9 heteroatoms. The fraction of sp³-hybridized carbons (Fsp3) is 0.300. The summed E-state index contributed by atoms with van der Waals surface area (Å²) in [7, 11) is 0. The molecule has 7 nitrogen and oxygen atoms in total. The summed E-state index contributed by atoms with van der Waals surface area (Å²) in [6.45, 7) is 6.04. The van der Waals surface area contributed by atoms with Crippen LogP contribution >= 0.6 is 23.2 Å². The molecule has 0 radical (unpaired) electrons. The van der Waals surface area contributed by atoms with Crippen LogP contribution in [-0.4, -0.2) is 25.5 Å². The van der Waals surface area contributed by atoms with Crippen molar-refractivity contribution >= 4 is 34.9 Å². The number of rotatable bonds is 6. The highest BCUT2D eigenvalue weighted by atomic mass is 35.5. The van der Waals surface area contributed by atoms with E-state index in [4.69, 9.17) is 28.5 Å². The van der Waals surface area contributed by atoms with E-state index in [1.807, 2.05) is 26.8 Å². The number of halogens is 2. The lowest BCUT2D eigenvalue weighted by atomic mass is 10.1. The number of benzene rings is 1. The van der Waals surface area contributed by atoms with Gasteiger partial charge in [-0.15, -0.1) is 0 Å². The molecule has 0 unspecified atom stereocenters. The highest BCUT2D eigenvalue weighted by Gasteiger charge is 2.18. The van der Waals surface area contributed by atoms with Crippen LogP contribution in [0.25, 0.3) is 5.69 Å². The maximum atomic E-state index is 12.7. The topological polar surface area (TPSA) is 88.5 Å². The number of aryl methyl sites for hydroxylation is 3. The number of nitrogens with zero attached hydrogens (tertiary/aromatic N) is 5. The van der Waals surface area contributed by atoms with Crippen LogP contribution in [0.4, 0.5) is 5.82 Å². The van der Waals surface area contributed by atoms with Crippen molar-refractivity contribution in [3.8, 4) is 11.8 Å². The van der Waals surface area contributed by atoms with E-state index >= 15 is 0 Å². The van der Waals surface area contributed by atoms with Crippen molar-refractivity contribution in [1.82, 2.24) is 19.6 Å². The van der Waals surface area contributed by atoms with Crippen LogP contribution in [0.5, 0.6) is 0 Å². The molecule has 1 amide bonds. The third kappa shape index (κ3) is 4.61. The SMILES string of the molecule is Cc1cc(NC(=O)Cc2c(C)nn(-c3ccc(Cl)c(Cl)c3)c2C)n(CCC#N)n1. The van der Waals surface area contributed by atoms with Crippen LogP contribution in [0.3, 0.4) is 0 Å². The maximum Gasteiger partial charge on any atom is 0.230 e. The van der Waals surface area contributed by atoms with E-state index < -0.39 is 0 Å². The molecule has 0 aliphatic heterocycles. The summed E-state index contributed by atoms with van der Waals surface area (Å²) in [6, 6.07) is 9.15. The van der Waals surface area contributed by atoms with Gasteiger partial charge in [-0.05, 0) is 39.0 Å². The van der Waals surface area contributed by atoms with Gasteiger partial charge in [-0.2, -0.15) is 15.5 Å². The van der Waals surface area contributed by atoms with Crippen molar-refractivity contribution < 1.29 is 4.79 Å². The molecule has 1 aromatic carbocycles. The minimum absolute atomic E-state index is 0.168. The zero-order valence-corrected chi connectivity index (χ0v) is 17.8. The fourth-order valence-electron chi connectivity index (χ4n) is 3.12. The van der Waals surface area contributed by atoms with E-state index in [1.165, 1.54) is 0 Å². The molecule has 150 valence electrons. The molecule has 2 heterocycles. The molecule has 0 aliphatic carbocycles. The lowest BCUT2D eigenvalue weighted by Gasteiger charge is -2.09. The van der Waals surface area contributed by atoms with Crippen LogP contribution in [0.2, 0.25) is 10.0 Å². The second kappa shape index (κ2) is 8.68. The number of hydrogen-bond acceptors (Lipinski definition) is 4. The number of hydrogen-bond donors (Lipinski definition) is 1. The Balaban J connectivity index is 1.80. The first-order valence-corrected chi connectivity index (χ1v) is 9.77. The van der Waals surface area contributed by atoms with Crippen LogP contribution < -0.4 is 5.32 Å². The first-order valence-electron chi connectivity index (χ1n) is 9.02. The number of nitrogens with one attached hydrogen (secondary N) is 1.